The molecule has 0 saturated heterocycles. The Morgan fingerprint density at radius 3 is 2.52 bits per heavy atom. The molecule has 0 aliphatic rings. The molecule has 0 aliphatic carbocycles. The Morgan fingerprint density at radius 1 is 1.09 bits per heavy atom. The summed E-state index contributed by atoms with van der Waals surface area (Å²) in [5.41, 5.74) is 2.23. The number of rotatable bonds is 4. The lowest BCUT2D eigenvalue weighted by Crippen LogP contribution is -2.14. The van der Waals surface area contributed by atoms with Crippen LogP contribution >= 0.6 is 0 Å². The second-order valence-corrected chi connectivity index (χ2v) is 5.39. The second-order valence-electron chi connectivity index (χ2n) is 5.39. The molecule has 1 aromatic carbocycles. The molecule has 2 aromatic heterocycles. The standard InChI is InChI=1S/C18H18N4O/c1-21(2)17-9-8-15(13-19-17)20-18(23)14-6-5-7-16(12-14)22-10-3-4-11-22/h3-13H,1-2H3,(H,20,23). The van der Waals surface area contributed by atoms with Gasteiger partial charge in [0.15, 0.2) is 0 Å². The first-order valence-corrected chi connectivity index (χ1v) is 7.31. The summed E-state index contributed by atoms with van der Waals surface area (Å²) in [6.07, 6.45) is 5.55. The number of anilines is 2. The van der Waals surface area contributed by atoms with Gasteiger partial charge in [-0.2, -0.15) is 0 Å². The highest BCUT2D eigenvalue weighted by Crippen LogP contribution is 2.15. The van der Waals surface area contributed by atoms with Gasteiger partial charge in [0.25, 0.3) is 5.91 Å². The Labute approximate surface area is 135 Å². The van der Waals surface area contributed by atoms with Crippen LogP contribution in [0, 0.1) is 0 Å². The number of hydrogen-bond donors (Lipinski definition) is 1. The molecule has 3 rings (SSSR count). The van der Waals surface area contributed by atoms with Crippen LogP contribution in [0.3, 0.4) is 0 Å². The fourth-order valence-corrected chi connectivity index (χ4v) is 2.24. The van der Waals surface area contributed by atoms with Gasteiger partial charge in [-0.25, -0.2) is 4.98 Å². The van der Waals surface area contributed by atoms with Crippen molar-refractivity contribution in [3.05, 3.63) is 72.7 Å². The molecule has 116 valence electrons. The molecule has 2 heterocycles. The fraction of sp³-hybridized carbons (Fsp3) is 0.111. The molecular weight excluding hydrogens is 288 g/mol. The molecule has 0 unspecified atom stereocenters. The molecule has 0 radical (unpaired) electrons. The van der Waals surface area contributed by atoms with E-state index in [1.165, 1.54) is 0 Å². The molecule has 1 amide bonds. The minimum absolute atomic E-state index is 0.154. The minimum Gasteiger partial charge on any atom is -0.363 e. The van der Waals surface area contributed by atoms with Crippen molar-refractivity contribution in [3.63, 3.8) is 0 Å². The van der Waals surface area contributed by atoms with Gasteiger partial charge in [0, 0.05) is 37.7 Å². The molecule has 5 nitrogen and oxygen atoms in total. The van der Waals surface area contributed by atoms with E-state index in [2.05, 4.69) is 10.3 Å². The molecule has 0 aliphatic heterocycles. The SMILES string of the molecule is CN(C)c1ccc(NC(=O)c2cccc(-n3cccc3)c2)cn1. The summed E-state index contributed by atoms with van der Waals surface area (Å²) in [5, 5.41) is 2.87. The quantitative estimate of drug-likeness (QED) is 0.805. The van der Waals surface area contributed by atoms with E-state index in [0.29, 0.717) is 11.3 Å². The molecule has 0 bridgehead atoms. The second kappa shape index (κ2) is 6.36. The summed E-state index contributed by atoms with van der Waals surface area (Å²) in [4.78, 5) is 18.6. The average Bonchev–Trinajstić information content (AvgIpc) is 3.10. The lowest BCUT2D eigenvalue weighted by molar-refractivity contribution is 0.102. The number of amides is 1. The van der Waals surface area contributed by atoms with Crippen LogP contribution in [0.15, 0.2) is 67.1 Å². The third kappa shape index (κ3) is 3.40. The number of nitrogens with one attached hydrogen (secondary N) is 1. The van der Waals surface area contributed by atoms with Crippen LogP contribution in [0.5, 0.6) is 0 Å². The lowest BCUT2D eigenvalue weighted by atomic mass is 10.2. The maximum Gasteiger partial charge on any atom is 0.255 e. The Bertz CT molecular complexity index is 792. The van der Waals surface area contributed by atoms with Crippen molar-refractivity contribution >= 4 is 17.4 Å². The van der Waals surface area contributed by atoms with E-state index < -0.39 is 0 Å². The smallest absolute Gasteiger partial charge is 0.255 e. The summed E-state index contributed by atoms with van der Waals surface area (Å²) < 4.78 is 1.96. The van der Waals surface area contributed by atoms with E-state index in [1.807, 2.05) is 78.4 Å². The van der Waals surface area contributed by atoms with Crippen LogP contribution < -0.4 is 10.2 Å². The Kier molecular flexibility index (Phi) is 4.10. The summed E-state index contributed by atoms with van der Waals surface area (Å²) in [7, 11) is 3.85. The summed E-state index contributed by atoms with van der Waals surface area (Å²) in [5.74, 6) is 0.691. The number of pyridine rings is 1. The van der Waals surface area contributed by atoms with Crippen molar-refractivity contribution in [2.75, 3.05) is 24.3 Å². The van der Waals surface area contributed by atoms with E-state index in [4.69, 9.17) is 0 Å². The highest BCUT2D eigenvalue weighted by molar-refractivity contribution is 6.04. The predicted molar refractivity (Wildman–Crippen MR) is 92.3 cm³/mol. The van der Waals surface area contributed by atoms with Crippen LogP contribution in [0.2, 0.25) is 0 Å². The third-order valence-electron chi connectivity index (χ3n) is 3.47. The Morgan fingerprint density at radius 2 is 1.87 bits per heavy atom. The van der Waals surface area contributed by atoms with E-state index >= 15 is 0 Å². The monoisotopic (exact) mass is 306 g/mol. The van der Waals surface area contributed by atoms with E-state index in [0.717, 1.165) is 11.5 Å². The van der Waals surface area contributed by atoms with E-state index in [1.54, 1.807) is 12.3 Å². The molecular formula is C18H18N4O. The summed E-state index contributed by atoms with van der Waals surface area (Å²) in [6.45, 7) is 0. The van der Waals surface area contributed by atoms with Crippen LogP contribution in [0.4, 0.5) is 11.5 Å². The van der Waals surface area contributed by atoms with Crippen molar-refractivity contribution < 1.29 is 4.79 Å². The van der Waals surface area contributed by atoms with Gasteiger partial charge < -0.3 is 14.8 Å². The number of carbonyl (C=O) groups is 1. The first-order valence-electron chi connectivity index (χ1n) is 7.31. The van der Waals surface area contributed by atoms with Gasteiger partial charge in [0.2, 0.25) is 0 Å². The molecule has 0 atom stereocenters. The average molecular weight is 306 g/mol. The highest BCUT2D eigenvalue weighted by Gasteiger charge is 2.08. The van der Waals surface area contributed by atoms with Crippen LogP contribution in [-0.4, -0.2) is 29.6 Å². The van der Waals surface area contributed by atoms with Gasteiger partial charge in [-0.15, -0.1) is 0 Å². The van der Waals surface area contributed by atoms with Crippen LogP contribution in [-0.2, 0) is 0 Å². The van der Waals surface area contributed by atoms with Gasteiger partial charge in [-0.05, 0) is 42.5 Å². The first-order chi connectivity index (χ1) is 11.1. The zero-order valence-corrected chi connectivity index (χ0v) is 13.1. The molecule has 0 fully saturated rings. The maximum atomic E-state index is 12.4. The number of benzene rings is 1. The first kappa shape index (κ1) is 14.8. The zero-order valence-electron chi connectivity index (χ0n) is 13.1. The van der Waals surface area contributed by atoms with Gasteiger partial charge in [-0.1, -0.05) is 6.07 Å². The van der Waals surface area contributed by atoms with Crippen molar-refractivity contribution in [2.45, 2.75) is 0 Å². The normalized spacial score (nSPS) is 10.3. The largest absolute Gasteiger partial charge is 0.363 e. The summed E-state index contributed by atoms with van der Waals surface area (Å²) in [6, 6.07) is 15.1. The number of nitrogens with zero attached hydrogens (tertiary/aromatic N) is 3. The molecule has 5 heteroatoms. The van der Waals surface area contributed by atoms with Crippen molar-refractivity contribution in [2.24, 2.45) is 0 Å². The lowest BCUT2D eigenvalue weighted by Gasteiger charge is -2.12. The highest BCUT2D eigenvalue weighted by atomic mass is 16.1. The molecule has 0 spiro atoms. The number of aromatic nitrogens is 2. The Hall–Kier alpha value is -3.08. The van der Waals surface area contributed by atoms with Gasteiger partial charge in [0.05, 0.1) is 11.9 Å². The van der Waals surface area contributed by atoms with Gasteiger partial charge in [-0.3, -0.25) is 4.79 Å². The minimum atomic E-state index is -0.154. The molecule has 0 saturated carbocycles. The van der Waals surface area contributed by atoms with Gasteiger partial charge in [0.1, 0.15) is 5.82 Å². The molecule has 1 N–H and O–H groups in total. The fourth-order valence-electron chi connectivity index (χ4n) is 2.24. The van der Waals surface area contributed by atoms with E-state index in [-0.39, 0.29) is 5.91 Å². The third-order valence-corrected chi connectivity index (χ3v) is 3.47. The summed E-state index contributed by atoms with van der Waals surface area (Å²) >= 11 is 0. The number of hydrogen-bond acceptors (Lipinski definition) is 3. The van der Waals surface area contributed by atoms with Crippen molar-refractivity contribution in [3.8, 4) is 5.69 Å². The van der Waals surface area contributed by atoms with Crippen LogP contribution in [0.1, 0.15) is 10.4 Å². The van der Waals surface area contributed by atoms with E-state index in [9.17, 15) is 4.79 Å². The topological polar surface area (TPSA) is 50.2 Å². The maximum absolute atomic E-state index is 12.4. The van der Waals surface area contributed by atoms with Crippen LogP contribution in [0.25, 0.3) is 5.69 Å². The van der Waals surface area contributed by atoms with Crippen molar-refractivity contribution in [1.82, 2.24) is 9.55 Å². The van der Waals surface area contributed by atoms with Gasteiger partial charge >= 0.3 is 0 Å². The zero-order chi connectivity index (χ0) is 16.2. The predicted octanol–water partition coefficient (Wildman–Crippen LogP) is 3.19. The van der Waals surface area contributed by atoms with Crippen molar-refractivity contribution in [1.29, 1.82) is 0 Å². The molecule has 3 aromatic rings. The molecule has 23 heavy (non-hydrogen) atoms. The Balaban J connectivity index is 1.77. The number of carbonyl (C=O) groups excluding carboxylic acids is 1.